The lowest BCUT2D eigenvalue weighted by Gasteiger charge is -2.13. The van der Waals surface area contributed by atoms with Gasteiger partial charge in [-0.15, -0.1) is 0 Å². The maximum absolute atomic E-state index is 11.1. The minimum Gasteiger partial charge on any atom is -0.339 e. The zero-order valence-corrected chi connectivity index (χ0v) is 15.1. The summed E-state index contributed by atoms with van der Waals surface area (Å²) in [6, 6.07) is 19.9. The molecule has 0 radical (unpaired) electrons. The molecule has 0 unspecified atom stereocenters. The summed E-state index contributed by atoms with van der Waals surface area (Å²) in [4.78, 5) is 15.4. The van der Waals surface area contributed by atoms with Crippen molar-refractivity contribution in [1.82, 2.24) is 10.5 Å². The van der Waals surface area contributed by atoms with Gasteiger partial charge in [0, 0.05) is 18.0 Å². The molecule has 0 fully saturated rings. The molecule has 6 heteroatoms. The van der Waals surface area contributed by atoms with Crippen molar-refractivity contribution in [3.63, 3.8) is 0 Å². The highest BCUT2D eigenvalue weighted by molar-refractivity contribution is 6.33. The number of benzene rings is 2. The maximum Gasteiger partial charge on any atom is 0.267 e. The van der Waals surface area contributed by atoms with Crippen LogP contribution in [0.1, 0.15) is 16.7 Å². The van der Waals surface area contributed by atoms with Crippen molar-refractivity contribution in [2.24, 2.45) is 0 Å². The van der Waals surface area contributed by atoms with Crippen LogP contribution in [0.3, 0.4) is 0 Å². The Bertz CT molecular complexity index is 959. The lowest BCUT2D eigenvalue weighted by Crippen LogP contribution is -2.14. The third kappa shape index (κ3) is 5.17. The predicted octanol–water partition coefficient (Wildman–Crippen LogP) is 4.59. The van der Waals surface area contributed by atoms with Crippen LogP contribution in [0.25, 0.3) is 6.08 Å². The van der Waals surface area contributed by atoms with Gasteiger partial charge >= 0.3 is 0 Å². The second-order valence-electron chi connectivity index (χ2n) is 5.85. The van der Waals surface area contributed by atoms with Gasteiger partial charge < -0.3 is 5.32 Å². The number of carbonyl (C=O) groups is 1. The summed E-state index contributed by atoms with van der Waals surface area (Å²) in [5.41, 5.74) is 5.45. The summed E-state index contributed by atoms with van der Waals surface area (Å²) in [7, 11) is 0. The van der Waals surface area contributed by atoms with Gasteiger partial charge in [-0.2, -0.15) is 0 Å². The molecule has 0 bridgehead atoms. The molecular weight excluding hydrogens is 362 g/mol. The lowest BCUT2D eigenvalue weighted by molar-refractivity contribution is -0.124. The number of rotatable bonds is 6. The molecule has 27 heavy (non-hydrogen) atoms. The molecule has 5 nitrogen and oxygen atoms in total. The molecule has 2 aromatic carbocycles. The Balaban J connectivity index is 1.79. The van der Waals surface area contributed by atoms with Crippen LogP contribution in [0.2, 0.25) is 5.02 Å². The van der Waals surface area contributed by atoms with Crippen molar-refractivity contribution in [2.75, 3.05) is 5.32 Å². The third-order valence-electron chi connectivity index (χ3n) is 3.91. The molecule has 0 atom stereocenters. The molecule has 136 valence electrons. The SMILES string of the molecule is O=C(C=Cc1cnc(Nc2ccccc2Cc2ccccc2)c(Cl)c1)NO. The quantitative estimate of drug-likeness (QED) is 0.333. The number of hydroxylamine groups is 1. The Morgan fingerprint density at radius 1 is 1.11 bits per heavy atom. The molecule has 1 amide bonds. The zero-order chi connectivity index (χ0) is 19.1. The summed E-state index contributed by atoms with van der Waals surface area (Å²) in [6.45, 7) is 0. The molecular formula is C21H18ClN3O2. The van der Waals surface area contributed by atoms with Crippen molar-refractivity contribution in [3.8, 4) is 0 Å². The normalized spacial score (nSPS) is 10.7. The smallest absolute Gasteiger partial charge is 0.267 e. The Kier molecular flexibility index (Phi) is 6.20. The average Bonchev–Trinajstić information content (AvgIpc) is 2.70. The van der Waals surface area contributed by atoms with Crippen molar-refractivity contribution >= 4 is 35.1 Å². The number of para-hydroxylation sites is 1. The fourth-order valence-corrected chi connectivity index (χ4v) is 2.81. The van der Waals surface area contributed by atoms with Gasteiger partial charge in [-0.1, -0.05) is 60.1 Å². The van der Waals surface area contributed by atoms with E-state index in [1.165, 1.54) is 23.2 Å². The minimum absolute atomic E-state index is 0.427. The van der Waals surface area contributed by atoms with E-state index in [1.807, 2.05) is 36.4 Å². The van der Waals surface area contributed by atoms with Gasteiger partial charge in [-0.25, -0.2) is 10.5 Å². The molecule has 3 rings (SSSR count). The Morgan fingerprint density at radius 3 is 2.59 bits per heavy atom. The van der Waals surface area contributed by atoms with Gasteiger partial charge in [0.1, 0.15) is 5.82 Å². The summed E-state index contributed by atoms with van der Waals surface area (Å²) in [6.07, 6.45) is 5.08. The molecule has 1 aromatic heterocycles. The maximum atomic E-state index is 11.1. The number of amides is 1. The Labute approximate surface area is 162 Å². The summed E-state index contributed by atoms with van der Waals surface area (Å²) < 4.78 is 0. The molecule has 0 saturated carbocycles. The fraction of sp³-hybridized carbons (Fsp3) is 0.0476. The number of nitrogens with zero attached hydrogens (tertiary/aromatic N) is 1. The summed E-state index contributed by atoms with van der Waals surface area (Å²) in [5, 5.41) is 12.2. The first-order valence-corrected chi connectivity index (χ1v) is 8.70. The van der Waals surface area contributed by atoms with Gasteiger partial charge in [-0.3, -0.25) is 10.0 Å². The Hall–Kier alpha value is -3.15. The molecule has 0 aliphatic heterocycles. The minimum atomic E-state index is -0.622. The van der Waals surface area contributed by atoms with E-state index in [0.717, 1.165) is 17.7 Å². The van der Waals surface area contributed by atoms with E-state index in [2.05, 4.69) is 28.5 Å². The Morgan fingerprint density at radius 2 is 1.85 bits per heavy atom. The van der Waals surface area contributed by atoms with Gasteiger partial charge in [0.25, 0.3) is 5.91 Å². The number of carbonyl (C=O) groups excluding carboxylic acids is 1. The van der Waals surface area contributed by atoms with Crippen LogP contribution in [-0.2, 0) is 11.2 Å². The largest absolute Gasteiger partial charge is 0.339 e. The molecule has 3 aromatic rings. The van der Waals surface area contributed by atoms with Gasteiger partial charge in [-0.05, 0) is 41.3 Å². The lowest BCUT2D eigenvalue weighted by atomic mass is 10.0. The van der Waals surface area contributed by atoms with E-state index in [9.17, 15) is 4.79 Å². The molecule has 1 heterocycles. The average molecular weight is 380 g/mol. The van der Waals surface area contributed by atoms with Gasteiger partial charge in [0.05, 0.1) is 5.02 Å². The van der Waals surface area contributed by atoms with Crippen LogP contribution in [0, 0.1) is 0 Å². The number of halogens is 1. The first kappa shape index (κ1) is 18.6. The van der Waals surface area contributed by atoms with E-state index in [0.29, 0.717) is 16.4 Å². The number of anilines is 2. The standard InChI is InChI=1S/C21H18ClN3O2/c22-18-13-16(10-11-20(26)25-27)14-23-21(18)24-19-9-5-4-8-17(19)12-15-6-2-1-3-7-15/h1-11,13-14,27H,12H2,(H,23,24)(H,25,26). The predicted molar refractivity (Wildman–Crippen MR) is 107 cm³/mol. The van der Waals surface area contributed by atoms with Gasteiger partial charge in [0.15, 0.2) is 0 Å². The first-order valence-electron chi connectivity index (χ1n) is 8.32. The van der Waals surface area contributed by atoms with Gasteiger partial charge in [0.2, 0.25) is 0 Å². The van der Waals surface area contributed by atoms with Crippen molar-refractivity contribution in [3.05, 3.63) is 94.6 Å². The van der Waals surface area contributed by atoms with E-state index < -0.39 is 5.91 Å². The van der Waals surface area contributed by atoms with E-state index in [4.69, 9.17) is 16.8 Å². The fourth-order valence-electron chi connectivity index (χ4n) is 2.58. The monoisotopic (exact) mass is 379 g/mol. The number of hydrogen-bond donors (Lipinski definition) is 3. The van der Waals surface area contributed by atoms with Crippen LogP contribution >= 0.6 is 11.6 Å². The van der Waals surface area contributed by atoms with Crippen molar-refractivity contribution < 1.29 is 10.0 Å². The van der Waals surface area contributed by atoms with Crippen LogP contribution < -0.4 is 10.8 Å². The zero-order valence-electron chi connectivity index (χ0n) is 14.4. The highest BCUT2D eigenvalue weighted by atomic mass is 35.5. The van der Waals surface area contributed by atoms with E-state index >= 15 is 0 Å². The summed E-state index contributed by atoms with van der Waals surface area (Å²) >= 11 is 6.33. The number of nitrogens with one attached hydrogen (secondary N) is 2. The van der Waals surface area contributed by atoms with Crippen molar-refractivity contribution in [1.29, 1.82) is 0 Å². The van der Waals surface area contributed by atoms with Crippen LogP contribution in [0.5, 0.6) is 0 Å². The van der Waals surface area contributed by atoms with Crippen LogP contribution in [-0.4, -0.2) is 16.1 Å². The highest BCUT2D eigenvalue weighted by Crippen LogP contribution is 2.27. The second kappa shape index (κ2) is 8.98. The van der Waals surface area contributed by atoms with E-state index in [-0.39, 0.29) is 0 Å². The van der Waals surface area contributed by atoms with Crippen LogP contribution in [0.4, 0.5) is 11.5 Å². The van der Waals surface area contributed by atoms with E-state index in [1.54, 1.807) is 12.3 Å². The second-order valence-corrected chi connectivity index (χ2v) is 6.26. The number of pyridine rings is 1. The van der Waals surface area contributed by atoms with Crippen LogP contribution in [0.15, 0.2) is 72.9 Å². The topological polar surface area (TPSA) is 74.2 Å². The number of aromatic nitrogens is 1. The highest BCUT2D eigenvalue weighted by Gasteiger charge is 2.08. The molecule has 3 N–H and O–H groups in total. The molecule has 0 saturated heterocycles. The first-order chi connectivity index (χ1) is 13.2. The summed E-state index contributed by atoms with van der Waals surface area (Å²) in [5.74, 6) is -0.0934. The van der Waals surface area contributed by atoms with Crippen molar-refractivity contribution in [2.45, 2.75) is 6.42 Å². The molecule has 0 spiro atoms. The third-order valence-corrected chi connectivity index (χ3v) is 4.20. The number of hydrogen-bond acceptors (Lipinski definition) is 4. The molecule has 0 aliphatic rings. The molecule has 0 aliphatic carbocycles.